The third-order valence-corrected chi connectivity index (χ3v) is 14.3. The van der Waals surface area contributed by atoms with Crippen molar-refractivity contribution in [1.82, 2.24) is 29.9 Å². The predicted molar refractivity (Wildman–Crippen MR) is 226 cm³/mol. The number of pyridine rings is 1. The second-order valence-corrected chi connectivity index (χ2v) is 21.9. The number of rotatable bonds is 11. The molecular weight excluding hydrogens is 991 g/mol. The second kappa shape index (κ2) is 17.2. The molecule has 12 nitrogen and oxygen atoms in total. The van der Waals surface area contributed by atoms with Crippen LogP contribution in [0.5, 0.6) is 0 Å². The summed E-state index contributed by atoms with van der Waals surface area (Å²) in [6.07, 6.45) is -13.0. The highest BCUT2D eigenvalue weighted by Crippen LogP contribution is 2.50. The summed E-state index contributed by atoms with van der Waals surface area (Å²) < 4.78 is 213. The molecule has 7 rings (SSSR count). The minimum atomic E-state index is -5.24. The van der Waals surface area contributed by atoms with E-state index in [0.29, 0.717) is 17.0 Å². The number of aromatic nitrogens is 5. The van der Waals surface area contributed by atoms with Crippen LogP contribution in [0.15, 0.2) is 30.3 Å². The lowest BCUT2D eigenvalue weighted by Crippen LogP contribution is -2.35. The SMILES string of the molecule is C[C@@H]1Cc2c(C(F)(F)F)nn(CC(=O)N[C@@H](Cc3cc(F)cc(F)c3)c3nc(C#CC(C)(C)S(C)(=O)=O)c4c(c3-c3ccc(Cl)c5c(NS(C)(=O)=O)nn(CC(F)(F)F)c35)C[C@H](F)C4)c2C1(F)F. The average molecular weight is 1030 g/mol. The molecule has 2 aliphatic carbocycles. The molecule has 0 fully saturated rings. The first-order valence-electron chi connectivity index (χ1n) is 20.1. The Labute approximate surface area is 385 Å². The van der Waals surface area contributed by atoms with Crippen LogP contribution in [-0.4, -0.2) is 76.9 Å². The lowest BCUT2D eigenvalue weighted by atomic mass is 9.88. The van der Waals surface area contributed by atoms with E-state index in [-0.39, 0.29) is 43.2 Å². The Bertz CT molecular complexity index is 3180. The van der Waals surface area contributed by atoms with E-state index >= 15 is 13.2 Å². The molecule has 366 valence electrons. The number of alkyl halides is 9. The van der Waals surface area contributed by atoms with Gasteiger partial charge in [-0.25, -0.2) is 35.0 Å². The summed E-state index contributed by atoms with van der Waals surface area (Å²) in [5, 5.41) is 8.89. The highest BCUT2D eigenvalue weighted by Gasteiger charge is 2.54. The third kappa shape index (κ3) is 9.99. The number of anilines is 1. The summed E-state index contributed by atoms with van der Waals surface area (Å²) in [6, 6.07) is 2.55. The normalized spacial score (nSPS) is 17.7. The molecule has 0 unspecified atom stereocenters. The number of halogens is 12. The Morgan fingerprint density at radius 1 is 0.941 bits per heavy atom. The monoisotopic (exact) mass is 1030 g/mol. The molecule has 5 aromatic rings. The number of nitrogens with one attached hydrogen (secondary N) is 2. The van der Waals surface area contributed by atoms with Crippen LogP contribution in [0.1, 0.15) is 71.8 Å². The number of amides is 1. The number of nitrogens with zero attached hydrogens (tertiary/aromatic N) is 5. The molecule has 3 heterocycles. The van der Waals surface area contributed by atoms with Crippen LogP contribution < -0.4 is 10.0 Å². The van der Waals surface area contributed by atoms with E-state index in [2.05, 4.69) is 32.3 Å². The molecule has 0 radical (unpaired) electrons. The number of sulfonamides is 1. The molecule has 3 atom stereocenters. The van der Waals surface area contributed by atoms with Crippen molar-refractivity contribution < 1.29 is 69.9 Å². The van der Waals surface area contributed by atoms with Gasteiger partial charge in [-0.3, -0.25) is 18.9 Å². The van der Waals surface area contributed by atoms with Gasteiger partial charge >= 0.3 is 12.4 Å². The molecule has 0 saturated carbocycles. The number of benzene rings is 2. The lowest BCUT2D eigenvalue weighted by molar-refractivity contribution is -0.143. The summed E-state index contributed by atoms with van der Waals surface area (Å²) >= 11 is 6.53. The first-order valence-corrected chi connectivity index (χ1v) is 24.3. The largest absolute Gasteiger partial charge is 0.435 e. The molecule has 26 heteroatoms. The Morgan fingerprint density at radius 2 is 1.57 bits per heavy atom. The lowest BCUT2D eigenvalue weighted by Gasteiger charge is -2.25. The van der Waals surface area contributed by atoms with Gasteiger partial charge in [0.1, 0.15) is 47.0 Å². The van der Waals surface area contributed by atoms with Crippen molar-refractivity contribution in [3.8, 4) is 23.0 Å². The fourth-order valence-electron chi connectivity index (χ4n) is 8.26. The van der Waals surface area contributed by atoms with Gasteiger partial charge in [0.25, 0.3) is 5.92 Å². The molecule has 3 aromatic heterocycles. The van der Waals surface area contributed by atoms with E-state index < -0.39 is 157 Å². The van der Waals surface area contributed by atoms with Gasteiger partial charge in [0.2, 0.25) is 15.9 Å². The zero-order valence-corrected chi connectivity index (χ0v) is 38.4. The minimum Gasteiger partial charge on any atom is -0.346 e. The Morgan fingerprint density at radius 3 is 2.16 bits per heavy atom. The van der Waals surface area contributed by atoms with Crippen LogP contribution in [0.3, 0.4) is 0 Å². The van der Waals surface area contributed by atoms with Crippen molar-refractivity contribution >= 4 is 54.1 Å². The van der Waals surface area contributed by atoms with Crippen LogP contribution in [-0.2, 0) is 75.5 Å². The van der Waals surface area contributed by atoms with E-state index in [9.17, 15) is 56.8 Å². The fraction of sp³-hybridized carbons (Fsp3) is 0.429. The average Bonchev–Trinajstić information content (AvgIpc) is 3.89. The molecule has 1 amide bonds. The van der Waals surface area contributed by atoms with E-state index in [0.717, 1.165) is 37.4 Å². The molecule has 0 saturated heterocycles. The van der Waals surface area contributed by atoms with Crippen LogP contribution in [0.2, 0.25) is 5.02 Å². The Balaban J connectivity index is 1.55. The molecular formula is C42H37ClF11N7O5S2. The maximum absolute atomic E-state index is 15.9. The van der Waals surface area contributed by atoms with Gasteiger partial charge in [-0.1, -0.05) is 30.5 Å². The molecule has 2 aliphatic rings. The topological polar surface area (TPSA) is 158 Å². The highest BCUT2D eigenvalue weighted by atomic mass is 35.5. The van der Waals surface area contributed by atoms with Crippen molar-refractivity contribution in [2.45, 2.75) is 94.8 Å². The van der Waals surface area contributed by atoms with Gasteiger partial charge in [0, 0.05) is 47.8 Å². The number of sulfone groups is 1. The molecule has 2 aromatic carbocycles. The van der Waals surface area contributed by atoms with Crippen molar-refractivity contribution in [2.75, 3.05) is 17.2 Å². The van der Waals surface area contributed by atoms with Crippen LogP contribution >= 0.6 is 11.6 Å². The smallest absolute Gasteiger partial charge is 0.346 e. The van der Waals surface area contributed by atoms with Gasteiger partial charge in [-0.2, -0.15) is 45.3 Å². The maximum atomic E-state index is 15.9. The van der Waals surface area contributed by atoms with Crippen molar-refractivity contribution in [1.29, 1.82) is 0 Å². The van der Waals surface area contributed by atoms with E-state index in [4.69, 9.17) is 11.6 Å². The van der Waals surface area contributed by atoms with E-state index in [1.807, 2.05) is 4.72 Å². The quantitative estimate of drug-likeness (QED) is 0.0992. The van der Waals surface area contributed by atoms with E-state index in [1.165, 1.54) is 13.8 Å². The molecule has 68 heavy (non-hydrogen) atoms. The van der Waals surface area contributed by atoms with Crippen molar-refractivity contribution in [3.63, 3.8) is 0 Å². The predicted octanol–water partition coefficient (Wildman–Crippen LogP) is 8.17. The molecule has 0 bridgehead atoms. The first-order chi connectivity index (χ1) is 31.1. The highest BCUT2D eigenvalue weighted by molar-refractivity contribution is 7.92. The zero-order chi connectivity index (χ0) is 50.4. The minimum absolute atomic E-state index is 0.00228. The molecule has 0 spiro atoms. The van der Waals surface area contributed by atoms with E-state index in [1.54, 1.807) is 0 Å². The van der Waals surface area contributed by atoms with Gasteiger partial charge in [0.05, 0.1) is 33.9 Å². The fourth-order valence-corrected chi connectivity index (χ4v) is 9.23. The Hall–Kier alpha value is -5.48. The van der Waals surface area contributed by atoms with Gasteiger partial charge < -0.3 is 5.32 Å². The first kappa shape index (κ1) is 50.4. The van der Waals surface area contributed by atoms with Crippen LogP contribution in [0, 0.1) is 29.4 Å². The summed E-state index contributed by atoms with van der Waals surface area (Å²) in [5.74, 6) is -4.71. The summed E-state index contributed by atoms with van der Waals surface area (Å²) in [4.78, 5) is 18.9. The zero-order valence-electron chi connectivity index (χ0n) is 36.0. The molecule has 0 aliphatic heterocycles. The van der Waals surface area contributed by atoms with Gasteiger partial charge in [-0.05, 0) is 67.5 Å². The maximum Gasteiger partial charge on any atom is 0.435 e. The summed E-state index contributed by atoms with van der Waals surface area (Å²) in [7, 11) is -8.23. The van der Waals surface area contributed by atoms with Gasteiger partial charge in [-0.15, -0.1) is 0 Å². The summed E-state index contributed by atoms with van der Waals surface area (Å²) in [5.41, 5.74) is -5.98. The number of hydrogen-bond donors (Lipinski definition) is 2. The standard InChI is InChI=1S/C42H37ClF11N7O5S2/c1-19-10-27-36(42(52,53)54)57-60(37(27)41(19,50)51)17-31(62)55-30(13-20-11-21(44)14-22(45)12-20)34-32(26-16-23(46)15-25(26)29(56-34)8-9-39(2,3)67(4,63)64)24-6-7-28(43)33-35(24)61(18-40(47,48)49)58-38(33)59-68(5,65)66/h6-7,11-12,14,19,23,30H,10,13,15-18H2,1-5H3,(H,55,62)(H,58,59)/t19-,23-,30+/m1/s1. The van der Waals surface area contributed by atoms with Gasteiger partial charge in [0.15, 0.2) is 21.3 Å². The molecule has 2 N–H and O–H groups in total. The van der Waals surface area contributed by atoms with Crippen molar-refractivity contribution in [3.05, 3.63) is 92.0 Å². The Kier molecular flexibility index (Phi) is 12.7. The summed E-state index contributed by atoms with van der Waals surface area (Å²) in [6.45, 7) is 0.246. The second-order valence-electron chi connectivity index (χ2n) is 17.2. The van der Waals surface area contributed by atoms with Crippen LogP contribution in [0.4, 0.5) is 54.1 Å². The van der Waals surface area contributed by atoms with Crippen molar-refractivity contribution in [2.24, 2.45) is 5.92 Å². The number of fused-ring (bicyclic) bond motifs is 3. The number of carbonyl (C=O) groups excluding carboxylic acids is 1. The number of hydrogen-bond acceptors (Lipinski definition) is 8. The number of carbonyl (C=O) groups is 1. The third-order valence-electron chi connectivity index (χ3n) is 11.5. The van der Waals surface area contributed by atoms with Crippen LogP contribution in [0.25, 0.3) is 22.0 Å².